The van der Waals surface area contributed by atoms with E-state index in [1.807, 2.05) is 0 Å². The van der Waals surface area contributed by atoms with Crippen LogP contribution in [-0.2, 0) is 0 Å². The number of nitrogens with one attached hydrogen (secondary N) is 1. The molecular weight excluding hydrogens is 290 g/mol. The van der Waals surface area contributed by atoms with Crippen LogP contribution >= 0.6 is 11.6 Å². The lowest BCUT2D eigenvalue weighted by Crippen LogP contribution is -2.57. The number of carbonyl (C=O) groups excluding carboxylic acids is 1. The van der Waals surface area contributed by atoms with E-state index in [1.165, 1.54) is 12.4 Å². The third kappa shape index (κ3) is 4.36. The second kappa shape index (κ2) is 6.68. The molecule has 1 aromatic heterocycles. The second-order valence-corrected chi connectivity index (χ2v) is 6.40. The zero-order valence-corrected chi connectivity index (χ0v) is 13.5. The van der Waals surface area contributed by atoms with Gasteiger partial charge in [-0.3, -0.25) is 14.7 Å². The van der Waals surface area contributed by atoms with Gasteiger partial charge in [-0.15, -0.1) is 0 Å². The summed E-state index contributed by atoms with van der Waals surface area (Å²) in [5.74, 6) is -0.243. The van der Waals surface area contributed by atoms with E-state index in [1.54, 1.807) is 0 Å². The molecule has 0 aliphatic carbocycles. The fourth-order valence-corrected chi connectivity index (χ4v) is 2.51. The highest BCUT2D eigenvalue weighted by atomic mass is 35.5. The molecule has 1 aromatic rings. The van der Waals surface area contributed by atoms with E-state index in [-0.39, 0.29) is 22.3 Å². The van der Waals surface area contributed by atoms with Crippen LogP contribution in [0.3, 0.4) is 0 Å². The summed E-state index contributed by atoms with van der Waals surface area (Å²) >= 11 is 5.75. The van der Waals surface area contributed by atoms with Crippen molar-refractivity contribution in [2.75, 3.05) is 39.8 Å². The molecule has 1 N–H and O–H groups in total. The fraction of sp³-hybridized carbons (Fsp3) is 0.643. The van der Waals surface area contributed by atoms with Gasteiger partial charge in [-0.25, -0.2) is 4.98 Å². The van der Waals surface area contributed by atoms with Crippen molar-refractivity contribution in [3.05, 3.63) is 23.2 Å². The van der Waals surface area contributed by atoms with Crippen molar-refractivity contribution in [3.63, 3.8) is 0 Å². The van der Waals surface area contributed by atoms with Gasteiger partial charge in [0.15, 0.2) is 0 Å². The van der Waals surface area contributed by atoms with Crippen molar-refractivity contribution in [2.45, 2.75) is 19.4 Å². The molecule has 116 valence electrons. The Labute approximate surface area is 130 Å². The van der Waals surface area contributed by atoms with Crippen LogP contribution in [-0.4, -0.2) is 71.0 Å². The fourth-order valence-electron chi connectivity index (χ4n) is 2.36. The van der Waals surface area contributed by atoms with E-state index in [0.717, 1.165) is 26.2 Å². The molecule has 0 unspecified atom stereocenters. The molecule has 0 spiro atoms. The summed E-state index contributed by atoms with van der Waals surface area (Å²) in [5, 5.41) is 3.14. The van der Waals surface area contributed by atoms with Gasteiger partial charge in [0.25, 0.3) is 5.91 Å². The maximum absolute atomic E-state index is 12.1. The van der Waals surface area contributed by atoms with Crippen molar-refractivity contribution in [3.8, 4) is 0 Å². The van der Waals surface area contributed by atoms with Gasteiger partial charge in [0.1, 0.15) is 10.8 Å². The summed E-state index contributed by atoms with van der Waals surface area (Å²) in [4.78, 5) is 24.6. The van der Waals surface area contributed by atoms with Crippen LogP contribution in [0.2, 0.25) is 5.15 Å². The first-order valence-corrected chi connectivity index (χ1v) is 7.45. The van der Waals surface area contributed by atoms with Crippen LogP contribution in [0.1, 0.15) is 24.3 Å². The first kappa shape index (κ1) is 16.1. The van der Waals surface area contributed by atoms with Gasteiger partial charge in [0.2, 0.25) is 0 Å². The number of halogens is 1. The van der Waals surface area contributed by atoms with Gasteiger partial charge < -0.3 is 10.2 Å². The van der Waals surface area contributed by atoms with Crippen LogP contribution in [0.5, 0.6) is 0 Å². The molecule has 1 aliphatic heterocycles. The SMILES string of the molecule is CN1CCN(C(C)(C)CNC(=O)c2cncc(Cl)n2)CC1. The molecule has 2 heterocycles. The van der Waals surface area contributed by atoms with Gasteiger partial charge in [0.05, 0.1) is 12.4 Å². The van der Waals surface area contributed by atoms with Crippen molar-refractivity contribution in [1.29, 1.82) is 0 Å². The minimum Gasteiger partial charge on any atom is -0.349 e. The predicted octanol–water partition coefficient (Wildman–Crippen LogP) is 0.886. The number of piperazine rings is 1. The molecule has 0 atom stereocenters. The number of hydrogen-bond donors (Lipinski definition) is 1. The Hall–Kier alpha value is -1.24. The van der Waals surface area contributed by atoms with E-state index in [0.29, 0.717) is 6.54 Å². The van der Waals surface area contributed by atoms with Crippen molar-refractivity contribution < 1.29 is 4.79 Å². The topological polar surface area (TPSA) is 61.4 Å². The molecule has 0 saturated carbocycles. The quantitative estimate of drug-likeness (QED) is 0.894. The average molecular weight is 312 g/mol. The Bertz CT molecular complexity index is 500. The third-order valence-corrected chi connectivity index (χ3v) is 4.06. The summed E-state index contributed by atoms with van der Waals surface area (Å²) < 4.78 is 0. The Morgan fingerprint density at radius 3 is 2.62 bits per heavy atom. The van der Waals surface area contributed by atoms with Crippen LogP contribution in [0.25, 0.3) is 0 Å². The van der Waals surface area contributed by atoms with Crippen molar-refractivity contribution >= 4 is 17.5 Å². The first-order chi connectivity index (χ1) is 9.88. The highest BCUT2D eigenvalue weighted by Gasteiger charge is 2.29. The number of nitrogens with zero attached hydrogens (tertiary/aromatic N) is 4. The normalized spacial score (nSPS) is 17.7. The highest BCUT2D eigenvalue weighted by molar-refractivity contribution is 6.29. The molecule has 1 amide bonds. The van der Waals surface area contributed by atoms with Crippen LogP contribution in [0.4, 0.5) is 0 Å². The summed E-state index contributed by atoms with van der Waals surface area (Å²) in [6.07, 6.45) is 2.83. The number of rotatable bonds is 4. The Morgan fingerprint density at radius 2 is 2.00 bits per heavy atom. The lowest BCUT2D eigenvalue weighted by atomic mass is 10.0. The molecule has 0 radical (unpaired) electrons. The number of amides is 1. The summed E-state index contributed by atoms with van der Waals surface area (Å²) in [7, 11) is 2.13. The molecule has 7 heteroatoms. The molecule has 1 fully saturated rings. The summed E-state index contributed by atoms with van der Waals surface area (Å²) in [5.41, 5.74) is 0.153. The molecular formula is C14H22ClN5O. The first-order valence-electron chi connectivity index (χ1n) is 7.08. The lowest BCUT2D eigenvalue weighted by molar-refractivity contribution is 0.0587. The van der Waals surface area contributed by atoms with Gasteiger partial charge in [0, 0.05) is 38.3 Å². The molecule has 0 aromatic carbocycles. The number of likely N-dealkylation sites (N-methyl/N-ethyl adjacent to an activating group) is 1. The standard InChI is InChI=1S/C14H22ClN5O/c1-14(2,20-6-4-19(3)5-7-20)10-17-13(21)11-8-16-9-12(15)18-11/h8-9H,4-7,10H2,1-3H3,(H,17,21). The van der Waals surface area contributed by atoms with Gasteiger partial charge in [-0.2, -0.15) is 0 Å². The van der Waals surface area contributed by atoms with Crippen LogP contribution in [0.15, 0.2) is 12.4 Å². The minimum atomic E-state index is -0.243. The van der Waals surface area contributed by atoms with E-state index in [4.69, 9.17) is 11.6 Å². The van der Waals surface area contributed by atoms with Crippen molar-refractivity contribution in [2.24, 2.45) is 0 Å². The van der Waals surface area contributed by atoms with Crippen molar-refractivity contribution in [1.82, 2.24) is 25.1 Å². The summed E-state index contributed by atoms with van der Waals surface area (Å²) in [6, 6.07) is 0. The molecule has 21 heavy (non-hydrogen) atoms. The second-order valence-electron chi connectivity index (χ2n) is 6.01. The minimum absolute atomic E-state index is 0.0943. The molecule has 6 nitrogen and oxygen atoms in total. The maximum Gasteiger partial charge on any atom is 0.271 e. The highest BCUT2D eigenvalue weighted by Crippen LogP contribution is 2.15. The molecule has 2 rings (SSSR count). The number of aromatic nitrogens is 2. The maximum atomic E-state index is 12.1. The van der Waals surface area contributed by atoms with E-state index in [9.17, 15) is 4.79 Å². The largest absolute Gasteiger partial charge is 0.349 e. The summed E-state index contributed by atoms with van der Waals surface area (Å²) in [6.45, 7) is 8.97. The zero-order chi connectivity index (χ0) is 15.5. The lowest BCUT2D eigenvalue weighted by Gasteiger charge is -2.43. The van der Waals surface area contributed by atoms with Crippen LogP contribution < -0.4 is 5.32 Å². The smallest absolute Gasteiger partial charge is 0.271 e. The third-order valence-electron chi connectivity index (χ3n) is 3.88. The molecule has 0 bridgehead atoms. The molecule has 1 aliphatic rings. The monoisotopic (exact) mass is 311 g/mol. The Morgan fingerprint density at radius 1 is 1.33 bits per heavy atom. The Kier molecular flexibility index (Phi) is 5.13. The van der Waals surface area contributed by atoms with E-state index in [2.05, 4.69) is 46.0 Å². The van der Waals surface area contributed by atoms with Gasteiger partial charge in [-0.1, -0.05) is 11.6 Å². The average Bonchev–Trinajstić information content (AvgIpc) is 2.45. The number of hydrogen-bond acceptors (Lipinski definition) is 5. The van der Waals surface area contributed by atoms with E-state index < -0.39 is 0 Å². The Balaban J connectivity index is 1.90. The van der Waals surface area contributed by atoms with E-state index >= 15 is 0 Å². The van der Waals surface area contributed by atoms with Gasteiger partial charge in [-0.05, 0) is 20.9 Å². The molecule has 1 saturated heterocycles. The number of carbonyl (C=O) groups is 1. The van der Waals surface area contributed by atoms with Gasteiger partial charge >= 0.3 is 0 Å². The van der Waals surface area contributed by atoms with Crippen LogP contribution in [0, 0.1) is 0 Å². The zero-order valence-electron chi connectivity index (χ0n) is 12.8. The predicted molar refractivity (Wildman–Crippen MR) is 82.5 cm³/mol.